The number of ether oxygens (including phenoxy) is 1. The van der Waals surface area contributed by atoms with Gasteiger partial charge in [0.1, 0.15) is 5.75 Å². The van der Waals surface area contributed by atoms with Crippen LogP contribution in [0, 0.1) is 0 Å². The first-order valence-corrected chi connectivity index (χ1v) is 4.29. The van der Waals surface area contributed by atoms with Crippen molar-refractivity contribution < 1.29 is 9.53 Å². The summed E-state index contributed by atoms with van der Waals surface area (Å²) in [6.45, 7) is 1.52. The normalized spacial score (nSPS) is 9.58. The molecule has 0 aromatic heterocycles. The highest BCUT2D eigenvalue weighted by molar-refractivity contribution is 9.10. The zero-order chi connectivity index (χ0) is 9.14. The summed E-state index contributed by atoms with van der Waals surface area (Å²) >= 11 is 3.30. The van der Waals surface area contributed by atoms with Gasteiger partial charge in [-0.25, -0.2) is 0 Å². The number of rotatable bonds is 2. The summed E-state index contributed by atoms with van der Waals surface area (Å²) in [5, 5.41) is 0. The first kappa shape index (κ1) is 9.26. The third-order valence-electron chi connectivity index (χ3n) is 1.55. The largest absolute Gasteiger partial charge is 0.495 e. The van der Waals surface area contributed by atoms with Crippen LogP contribution in [0.4, 0.5) is 0 Å². The predicted octanol–water partition coefficient (Wildman–Crippen LogP) is 2.66. The second kappa shape index (κ2) is 3.72. The van der Waals surface area contributed by atoms with Crippen LogP contribution in [0.5, 0.6) is 5.75 Å². The molecular formula is C9H9BrO2. The molecule has 64 valence electrons. The highest BCUT2D eigenvalue weighted by atomic mass is 79.9. The highest BCUT2D eigenvalue weighted by Gasteiger charge is 2.09. The lowest BCUT2D eigenvalue weighted by Crippen LogP contribution is -1.97. The van der Waals surface area contributed by atoms with Crippen molar-refractivity contribution in [1.29, 1.82) is 0 Å². The Morgan fingerprint density at radius 2 is 2.17 bits per heavy atom. The molecular weight excluding hydrogens is 220 g/mol. The van der Waals surface area contributed by atoms with Crippen LogP contribution in [-0.4, -0.2) is 12.9 Å². The molecule has 0 heterocycles. The number of halogens is 1. The van der Waals surface area contributed by atoms with E-state index in [1.807, 2.05) is 12.1 Å². The van der Waals surface area contributed by atoms with E-state index in [1.54, 1.807) is 13.2 Å². The molecule has 0 amide bonds. The Morgan fingerprint density at radius 3 is 2.58 bits per heavy atom. The van der Waals surface area contributed by atoms with Crippen LogP contribution in [0.3, 0.4) is 0 Å². The minimum Gasteiger partial charge on any atom is -0.495 e. The van der Waals surface area contributed by atoms with Gasteiger partial charge in [0.05, 0.1) is 17.1 Å². The van der Waals surface area contributed by atoms with Crippen molar-refractivity contribution in [1.82, 2.24) is 0 Å². The smallest absolute Gasteiger partial charge is 0.163 e. The zero-order valence-electron chi connectivity index (χ0n) is 6.93. The molecule has 0 saturated carbocycles. The van der Waals surface area contributed by atoms with Gasteiger partial charge in [0.15, 0.2) is 5.78 Å². The maximum atomic E-state index is 11.1. The Morgan fingerprint density at radius 1 is 1.50 bits per heavy atom. The fraction of sp³-hybridized carbons (Fsp3) is 0.222. The molecule has 0 unspecified atom stereocenters. The monoisotopic (exact) mass is 228 g/mol. The van der Waals surface area contributed by atoms with Crippen LogP contribution in [0.1, 0.15) is 17.3 Å². The molecule has 1 aromatic rings. The second-order valence-corrected chi connectivity index (χ2v) is 3.23. The summed E-state index contributed by atoms with van der Waals surface area (Å²) < 4.78 is 5.87. The van der Waals surface area contributed by atoms with E-state index in [4.69, 9.17) is 4.74 Å². The first-order chi connectivity index (χ1) is 5.66. The summed E-state index contributed by atoms with van der Waals surface area (Å²) in [6.07, 6.45) is 0. The van der Waals surface area contributed by atoms with Crippen LogP contribution >= 0.6 is 15.9 Å². The number of hydrogen-bond donors (Lipinski definition) is 0. The number of carbonyl (C=O) groups is 1. The third-order valence-corrected chi connectivity index (χ3v) is 2.17. The number of carbonyl (C=O) groups excluding carboxylic acids is 1. The van der Waals surface area contributed by atoms with Gasteiger partial charge in [-0.15, -0.1) is 0 Å². The Kier molecular flexibility index (Phi) is 2.87. The van der Waals surface area contributed by atoms with Crippen LogP contribution in [0.25, 0.3) is 0 Å². The maximum absolute atomic E-state index is 11.1. The van der Waals surface area contributed by atoms with E-state index >= 15 is 0 Å². The third kappa shape index (κ3) is 1.67. The van der Waals surface area contributed by atoms with Gasteiger partial charge in [-0.3, -0.25) is 4.79 Å². The lowest BCUT2D eigenvalue weighted by atomic mass is 10.1. The summed E-state index contributed by atoms with van der Waals surface area (Å²) in [5.74, 6) is 0.609. The molecule has 0 spiro atoms. The van der Waals surface area contributed by atoms with Gasteiger partial charge in [0.2, 0.25) is 0 Å². The number of methoxy groups -OCH3 is 1. The summed E-state index contributed by atoms with van der Waals surface area (Å²) in [7, 11) is 1.55. The lowest BCUT2D eigenvalue weighted by Gasteiger charge is -2.06. The molecule has 0 aliphatic rings. The molecule has 0 N–H and O–H groups in total. The molecule has 1 rings (SSSR count). The number of ketones is 1. The number of hydrogen-bond acceptors (Lipinski definition) is 2. The van der Waals surface area contributed by atoms with E-state index < -0.39 is 0 Å². The molecule has 2 nitrogen and oxygen atoms in total. The molecule has 0 atom stereocenters. The van der Waals surface area contributed by atoms with Gasteiger partial charge >= 0.3 is 0 Å². The van der Waals surface area contributed by atoms with E-state index in [2.05, 4.69) is 15.9 Å². The molecule has 0 fully saturated rings. The molecule has 0 radical (unpaired) electrons. The fourth-order valence-electron chi connectivity index (χ4n) is 0.994. The Labute approximate surface area is 79.7 Å². The Balaban J connectivity index is 3.27. The molecule has 12 heavy (non-hydrogen) atoms. The van der Waals surface area contributed by atoms with Crippen molar-refractivity contribution in [3.63, 3.8) is 0 Å². The molecule has 0 aliphatic carbocycles. The average molecular weight is 229 g/mol. The van der Waals surface area contributed by atoms with Crippen LogP contribution < -0.4 is 4.74 Å². The Hall–Kier alpha value is -0.830. The van der Waals surface area contributed by atoms with Crippen LogP contribution in [-0.2, 0) is 0 Å². The summed E-state index contributed by atoms with van der Waals surface area (Å²) in [4.78, 5) is 11.1. The molecule has 1 aromatic carbocycles. The van der Waals surface area contributed by atoms with Crippen molar-refractivity contribution in [2.45, 2.75) is 6.92 Å². The van der Waals surface area contributed by atoms with Gasteiger partial charge in [-0.1, -0.05) is 6.07 Å². The highest BCUT2D eigenvalue weighted by Crippen LogP contribution is 2.28. The summed E-state index contributed by atoms with van der Waals surface area (Å²) in [5.41, 5.74) is 0.604. The summed E-state index contributed by atoms with van der Waals surface area (Å²) in [6, 6.07) is 5.39. The van der Waals surface area contributed by atoms with Crippen molar-refractivity contribution in [2.24, 2.45) is 0 Å². The SMILES string of the molecule is COc1c(Br)cccc1C(C)=O. The first-order valence-electron chi connectivity index (χ1n) is 3.50. The van der Waals surface area contributed by atoms with E-state index in [0.29, 0.717) is 11.3 Å². The van der Waals surface area contributed by atoms with Gasteiger partial charge in [-0.05, 0) is 35.0 Å². The minimum atomic E-state index is 0.00755. The molecule has 0 bridgehead atoms. The quantitative estimate of drug-likeness (QED) is 0.728. The van der Waals surface area contributed by atoms with Crippen molar-refractivity contribution in [3.05, 3.63) is 28.2 Å². The number of Topliss-reactive ketones (excluding diaryl/α,β-unsaturated/α-hetero) is 1. The van der Waals surface area contributed by atoms with Gasteiger partial charge in [0.25, 0.3) is 0 Å². The maximum Gasteiger partial charge on any atom is 0.163 e. The van der Waals surface area contributed by atoms with E-state index in [-0.39, 0.29) is 5.78 Å². The van der Waals surface area contributed by atoms with Crippen molar-refractivity contribution in [2.75, 3.05) is 7.11 Å². The zero-order valence-corrected chi connectivity index (χ0v) is 8.51. The predicted molar refractivity (Wildman–Crippen MR) is 50.7 cm³/mol. The molecule has 3 heteroatoms. The van der Waals surface area contributed by atoms with Crippen LogP contribution in [0.15, 0.2) is 22.7 Å². The second-order valence-electron chi connectivity index (χ2n) is 2.38. The van der Waals surface area contributed by atoms with E-state index in [9.17, 15) is 4.79 Å². The van der Waals surface area contributed by atoms with Gasteiger partial charge in [-0.2, -0.15) is 0 Å². The van der Waals surface area contributed by atoms with Crippen molar-refractivity contribution >= 4 is 21.7 Å². The average Bonchev–Trinajstić information content (AvgIpc) is 2.03. The standard InChI is InChI=1S/C9H9BrO2/c1-6(11)7-4-3-5-8(10)9(7)12-2/h3-5H,1-2H3. The van der Waals surface area contributed by atoms with Crippen molar-refractivity contribution in [3.8, 4) is 5.75 Å². The van der Waals surface area contributed by atoms with E-state index in [1.165, 1.54) is 6.92 Å². The van der Waals surface area contributed by atoms with Gasteiger partial charge < -0.3 is 4.74 Å². The van der Waals surface area contributed by atoms with Gasteiger partial charge in [0, 0.05) is 0 Å². The Bertz CT molecular complexity index is 307. The lowest BCUT2D eigenvalue weighted by molar-refractivity contribution is 0.101. The topological polar surface area (TPSA) is 26.3 Å². The molecule has 0 aliphatic heterocycles. The molecule has 0 saturated heterocycles. The van der Waals surface area contributed by atoms with Crippen LogP contribution in [0.2, 0.25) is 0 Å². The number of benzene rings is 1. The van der Waals surface area contributed by atoms with E-state index in [0.717, 1.165) is 4.47 Å². The fourth-order valence-corrected chi connectivity index (χ4v) is 1.52. The minimum absolute atomic E-state index is 0.00755. The number of para-hydroxylation sites is 1.